The first-order valence-corrected chi connectivity index (χ1v) is 9.53. The number of thioether (sulfide) groups is 1. The Labute approximate surface area is 158 Å². The predicted octanol–water partition coefficient (Wildman–Crippen LogP) is 4.49. The highest BCUT2D eigenvalue weighted by molar-refractivity contribution is 8.00. The minimum atomic E-state index is -0.317. The van der Waals surface area contributed by atoms with Gasteiger partial charge in [-0.3, -0.25) is 4.79 Å². The molecule has 0 saturated carbocycles. The zero-order valence-corrected chi connectivity index (χ0v) is 16.1. The molecule has 0 radical (unpaired) electrons. The van der Waals surface area contributed by atoms with Crippen molar-refractivity contribution in [3.8, 4) is 11.3 Å². The van der Waals surface area contributed by atoms with Gasteiger partial charge in [-0.2, -0.15) is 0 Å². The van der Waals surface area contributed by atoms with E-state index in [9.17, 15) is 4.79 Å². The van der Waals surface area contributed by atoms with E-state index >= 15 is 0 Å². The highest BCUT2D eigenvalue weighted by Gasteiger charge is 2.26. The monoisotopic (exact) mass is 365 g/mol. The van der Waals surface area contributed by atoms with E-state index in [0.717, 1.165) is 28.5 Å². The molecular weight excluding hydrogens is 342 g/mol. The molecule has 1 aromatic heterocycles. The topological polar surface area (TPSA) is 38.1 Å². The van der Waals surface area contributed by atoms with Crippen molar-refractivity contribution in [1.29, 1.82) is 0 Å². The number of likely N-dealkylation sites (N-methyl/N-ethyl adjacent to an activating group) is 1. The summed E-state index contributed by atoms with van der Waals surface area (Å²) in [5.41, 5.74) is 3.19. The summed E-state index contributed by atoms with van der Waals surface area (Å²) in [7, 11) is 3.58. The SMILES string of the molecule is CCn1c(-c2ccccc2)cnc1S[C@@H](C(=O)N(C)C)c1ccccc1. The Morgan fingerprint density at radius 2 is 1.69 bits per heavy atom. The van der Waals surface area contributed by atoms with Crippen molar-refractivity contribution in [2.45, 2.75) is 23.9 Å². The van der Waals surface area contributed by atoms with Crippen molar-refractivity contribution < 1.29 is 4.79 Å². The number of amides is 1. The molecule has 0 aliphatic carbocycles. The number of nitrogens with zero attached hydrogens (tertiary/aromatic N) is 3. The van der Waals surface area contributed by atoms with Crippen LogP contribution in [0.3, 0.4) is 0 Å². The molecule has 134 valence electrons. The van der Waals surface area contributed by atoms with Gasteiger partial charge in [0.05, 0.1) is 11.9 Å². The number of hydrogen-bond donors (Lipinski definition) is 0. The van der Waals surface area contributed by atoms with Crippen LogP contribution in [0.5, 0.6) is 0 Å². The molecule has 1 atom stereocenters. The number of carbonyl (C=O) groups excluding carboxylic acids is 1. The number of hydrogen-bond acceptors (Lipinski definition) is 3. The van der Waals surface area contributed by atoms with E-state index in [0.29, 0.717) is 0 Å². The Hall–Kier alpha value is -2.53. The molecule has 3 rings (SSSR count). The van der Waals surface area contributed by atoms with Gasteiger partial charge in [0.15, 0.2) is 5.16 Å². The Morgan fingerprint density at radius 1 is 1.08 bits per heavy atom. The maximum atomic E-state index is 12.8. The van der Waals surface area contributed by atoms with Crippen molar-refractivity contribution >= 4 is 17.7 Å². The number of imidazole rings is 1. The van der Waals surface area contributed by atoms with E-state index in [-0.39, 0.29) is 11.2 Å². The molecular formula is C21H23N3OS. The summed E-state index contributed by atoms with van der Waals surface area (Å²) in [5, 5.41) is 0.540. The molecule has 26 heavy (non-hydrogen) atoms. The lowest BCUT2D eigenvalue weighted by atomic mass is 10.1. The van der Waals surface area contributed by atoms with Gasteiger partial charge in [-0.05, 0) is 18.1 Å². The van der Waals surface area contributed by atoms with Crippen molar-refractivity contribution in [2.24, 2.45) is 0 Å². The smallest absolute Gasteiger partial charge is 0.240 e. The lowest BCUT2D eigenvalue weighted by molar-refractivity contribution is -0.128. The van der Waals surface area contributed by atoms with Crippen LogP contribution in [0, 0.1) is 0 Å². The van der Waals surface area contributed by atoms with Crippen LogP contribution in [0.2, 0.25) is 0 Å². The molecule has 2 aromatic carbocycles. The molecule has 3 aromatic rings. The molecule has 1 heterocycles. The van der Waals surface area contributed by atoms with Crippen molar-refractivity contribution in [1.82, 2.24) is 14.5 Å². The predicted molar refractivity (Wildman–Crippen MR) is 107 cm³/mol. The maximum Gasteiger partial charge on any atom is 0.240 e. The van der Waals surface area contributed by atoms with Gasteiger partial charge in [0.2, 0.25) is 5.91 Å². The molecule has 0 fully saturated rings. The van der Waals surface area contributed by atoms with E-state index in [1.807, 2.05) is 54.7 Å². The number of rotatable bonds is 6. The lowest BCUT2D eigenvalue weighted by Crippen LogP contribution is -2.27. The van der Waals surface area contributed by atoms with Gasteiger partial charge in [-0.15, -0.1) is 0 Å². The second-order valence-electron chi connectivity index (χ2n) is 6.18. The molecule has 0 spiro atoms. The highest BCUT2D eigenvalue weighted by Crippen LogP contribution is 2.37. The van der Waals surface area contributed by atoms with E-state index < -0.39 is 0 Å². The quantitative estimate of drug-likeness (QED) is 0.604. The largest absolute Gasteiger partial charge is 0.348 e. The number of aromatic nitrogens is 2. The fourth-order valence-electron chi connectivity index (χ4n) is 2.83. The highest BCUT2D eigenvalue weighted by atomic mass is 32.2. The molecule has 0 saturated heterocycles. The van der Waals surface area contributed by atoms with E-state index in [1.165, 1.54) is 11.8 Å². The second kappa shape index (κ2) is 8.23. The zero-order valence-electron chi connectivity index (χ0n) is 15.3. The van der Waals surface area contributed by atoms with Crippen LogP contribution in [0.1, 0.15) is 17.7 Å². The summed E-state index contributed by atoms with van der Waals surface area (Å²) in [6, 6.07) is 20.1. The lowest BCUT2D eigenvalue weighted by Gasteiger charge is -2.21. The summed E-state index contributed by atoms with van der Waals surface area (Å²) in [4.78, 5) is 19.1. The fourth-order valence-corrected chi connectivity index (χ4v) is 4.11. The van der Waals surface area contributed by atoms with Gasteiger partial charge in [-0.1, -0.05) is 72.4 Å². The third kappa shape index (κ3) is 3.83. The number of benzene rings is 2. The number of carbonyl (C=O) groups is 1. The summed E-state index contributed by atoms with van der Waals surface area (Å²) in [6.07, 6.45) is 1.89. The molecule has 0 N–H and O–H groups in total. The van der Waals surface area contributed by atoms with Crippen LogP contribution >= 0.6 is 11.8 Å². The second-order valence-corrected chi connectivity index (χ2v) is 7.25. The fraction of sp³-hybridized carbons (Fsp3) is 0.238. The van der Waals surface area contributed by atoms with Crippen LogP contribution in [-0.2, 0) is 11.3 Å². The van der Waals surface area contributed by atoms with Gasteiger partial charge in [0, 0.05) is 20.6 Å². The Bertz CT molecular complexity index is 859. The minimum Gasteiger partial charge on any atom is -0.348 e. The van der Waals surface area contributed by atoms with Crippen LogP contribution < -0.4 is 0 Å². The van der Waals surface area contributed by atoms with Gasteiger partial charge < -0.3 is 9.47 Å². The summed E-state index contributed by atoms with van der Waals surface area (Å²) >= 11 is 1.51. The van der Waals surface area contributed by atoms with Crippen molar-refractivity contribution in [2.75, 3.05) is 14.1 Å². The van der Waals surface area contributed by atoms with Crippen LogP contribution in [0.25, 0.3) is 11.3 Å². The third-order valence-electron chi connectivity index (χ3n) is 4.20. The Morgan fingerprint density at radius 3 is 2.27 bits per heavy atom. The molecule has 0 aliphatic rings. The normalized spacial score (nSPS) is 12.0. The minimum absolute atomic E-state index is 0.0631. The van der Waals surface area contributed by atoms with E-state index in [1.54, 1.807) is 19.0 Å². The Balaban J connectivity index is 1.97. The molecule has 4 nitrogen and oxygen atoms in total. The van der Waals surface area contributed by atoms with Crippen molar-refractivity contribution in [3.63, 3.8) is 0 Å². The Kier molecular flexibility index (Phi) is 5.78. The van der Waals surface area contributed by atoms with Crippen molar-refractivity contribution in [3.05, 3.63) is 72.4 Å². The average Bonchev–Trinajstić information content (AvgIpc) is 3.09. The maximum absolute atomic E-state index is 12.8. The molecule has 0 unspecified atom stereocenters. The first-order valence-electron chi connectivity index (χ1n) is 8.65. The van der Waals surface area contributed by atoms with Crippen LogP contribution in [0.15, 0.2) is 72.0 Å². The first-order chi connectivity index (χ1) is 12.6. The molecule has 0 aliphatic heterocycles. The summed E-state index contributed by atoms with van der Waals surface area (Å²) < 4.78 is 2.17. The summed E-state index contributed by atoms with van der Waals surface area (Å²) in [6.45, 7) is 2.90. The average molecular weight is 366 g/mol. The van der Waals surface area contributed by atoms with E-state index in [2.05, 4.69) is 28.6 Å². The van der Waals surface area contributed by atoms with Gasteiger partial charge >= 0.3 is 0 Å². The third-order valence-corrected chi connectivity index (χ3v) is 5.44. The van der Waals surface area contributed by atoms with Crippen LogP contribution in [-0.4, -0.2) is 34.5 Å². The standard InChI is InChI=1S/C21H23N3OS/c1-4-24-18(16-11-7-5-8-12-16)15-22-21(24)26-19(20(25)23(2)3)17-13-9-6-10-14-17/h5-15,19H,4H2,1-3H3/t19-/m1/s1. The molecule has 1 amide bonds. The van der Waals surface area contributed by atoms with Gasteiger partial charge in [-0.25, -0.2) is 4.98 Å². The molecule has 0 bridgehead atoms. The van der Waals surface area contributed by atoms with Crippen LogP contribution in [0.4, 0.5) is 0 Å². The van der Waals surface area contributed by atoms with E-state index in [4.69, 9.17) is 0 Å². The van der Waals surface area contributed by atoms with Gasteiger partial charge in [0.25, 0.3) is 0 Å². The zero-order chi connectivity index (χ0) is 18.5. The molecule has 5 heteroatoms. The van der Waals surface area contributed by atoms with Gasteiger partial charge in [0.1, 0.15) is 5.25 Å². The first kappa shape index (κ1) is 18.3. The summed E-state index contributed by atoms with van der Waals surface area (Å²) in [5.74, 6) is 0.0631.